The van der Waals surface area contributed by atoms with Crippen LogP contribution in [-0.4, -0.2) is 48.6 Å². The Morgan fingerprint density at radius 1 is 1.24 bits per heavy atom. The van der Waals surface area contributed by atoms with E-state index in [0.29, 0.717) is 37.3 Å². The molecule has 1 aliphatic heterocycles. The highest BCUT2D eigenvalue weighted by molar-refractivity contribution is 9.09. The van der Waals surface area contributed by atoms with Gasteiger partial charge < -0.3 is 9.47 Å². The third kappa shape index (κ3) is 3.71. The van der Waals surface area contributed by atoms with Crippen LogP contribution in [0.5, 0.6) is 0 Å². The van der Waals surface area contributed by atoms with Crippen LogP contribution in [0.1, 0.15) is 32.6 Å². The Labute approximate surface area is 134 Å². The molecule has 0 bridgehead atoms. The molecule has 2 fully saturated rings. The third-order valence-corrected chi connectivity index (χ3v) is 5.68. The normalized spacial score (nSPS) is 32.2. The van der Waals surface area contributed by atoms with E-state index in [2.05, 4.69) is 15.9 Å². The van der Waals surface area contributed by atoms with Crippen LogP contribution < -0.4 is 0 Å². The number of hydrogen-bond acceptors (Lipinski definition) is 4. The highest BCUT2D eigenvalue weighted by Gasteiger charge is 2.44. The molecule has 2 aliphatic rings. The molecule has 21 heavy (non-hydrogen) atoms. The lowest BCUT2D eigenvalue weighted by atomic mass is 9.69. The summed E-state index contributed by atoms with van der Waals surface area (Å²) in [6.07, 6.45) is 3.70. The maximum Gasteiger partial charge on any atom is 0.410 e. The molecular weight excluding hydrogens is 338 g/mol. The van der Waals surface area contributed by atoms with Gasteiger partial charge in [0, 0.05) is 11.9 Å². The summed E-state index contributed by atoms with van der Waals surface area (Å²) in [5.74, 6) is 1.35. The van der Waals surface area contributed by atoms with Crippen LogP contribution in [0.25, 0.3) is 0 Å². The van der Waals surface area contributed by atoms with Crippen molar-refractivity contribution in [1.29, 1.82) is 0 Å². The number of methoxy groups -OCH3 is 1. The summed E-state index contributed by atoms with van der Waals surface area (Å²) in [5.41, 5.74) is 0. The molecule has 0 aromatic rings. The van der Waals surface area contributed by atoms with Crippen molar-refractivity contribution < 1.29 is 19.1 Å². The average Bonchev–Trinajstić information content (AvgIpc) is 2.52. The zero-order chi connectivity index (χ0) is 15.4. The van der Waals surface area contributed by atoms with E-state index in [1.807, 2.05) is 0 Å². The number of likely N-dealkylation sites (tertiary alicyclic amines) is 1. The van der Waals surface area contributed by atoms with Crippen LogP contribution in [0.3, 0.4) is 0 Å². The number of piperidine rings is 1. The van der Waals surface area contributed by atoms with Gasteiger partial charge in [-0.2, -0.15) is 0 Å². The van der Waals surface area contributed by atoms with E-state index in [9.17, 15) is 9.59 Å². The molecule has 5 nitrogen and oxygen atoms in total. The standard InChI is InChI=1S/C15H24BrNO4/c1-3-21-14(18)13-7-12-6-10(8-16)4-5-11(12)9-17(13)15(19)20-2/h10-13H,3-9H2,1-2H3. The van der Waals surface area contributed by atoms with E-state index in [4.69, 9.17) is 9.47 Å². The largest absolute Gasteiger partial charge is 0.464 e. The molecule has 1 saturated carbocycles. The fourth-order valence-electron chi connectivity index (χ4n) is 3.67. The van der Waals surface area contributed by atoms with Gasteiger partial charge in [0.1, 0.15) is 6.04 Å². The first-order valence-electron chi connectivity index (χ1n) is 7.67. The molecule has 0 radical (unpaired) electrons. The number of carbonyl (C=O) groups excluding carboxylic acids is 2. The number of fused-ring (bicyclic) bond motifs is 1. The third-order valence-electron chi connectivity index (χ3n) is 4.77. The first-order valence-corrected chi connectivity index (χ1v) is 8.80. The van der Waals surface area contributed by atoms with Crippen molar-refractivity contribution in [2.24, 2.45) is 17.8 Å². The first-order chi connectivity index (χ1) is 10.1. The number of rotatable bonds is 3. The Morgan fingerprint density at radius 3 is 2.62 bits per heavy atom. The van der Waals surface area contributed by atoms with Crippen molar-refractivity contribution >= 4 is 28.0 Å². The second-order valence-electron chi connectivity index (χ2n) is 5.98. The lowest BCUT2D eigenvalue weighted by Crippen LogP contribution is -2.55. The zero-order valence-corrected chi connectivity index (χ0v) is 14.3. The Bertz CT molecular complexity index is 390. The Balaban J connectivity index is 2.11. The van der Waals surface area contributed by atoms with Crippen molar-refractivity contribution in [3.63, 3.8) is 0 Å². The Morgan fingerprint density at radius 2 is 2.00 bits per heavy atom. The summed E-state index contributed by atoms with van der Waals surface area (Å²) in [5, 5.41) is 1.01. The summed E-state index contributed by atoms with van der Waals surface area (Å²) < 4.78 is 9.98. The SMILES string of the molecule is CCOC(=O)C1CC2CC(CBr)CCC2CN1C(=O)OC. The van der Waals surface area contributed by atoms with Crippen molar-refractivity contribution in [3.8, 4) is 0 Å². The number of carbonyl (C=O) groups is 2. The summed E-state index contributed by atoms with van der Waals surface area (Å²) in [4.78, 5) is 25.7. The lowest BCUT2D eigenvalue weighted by molar-refractivity contribution is -0.152. The van der Waals surface area contributed by atoms with Crippen LogP contribution in [0.2, 0.25) is 0 Å². The molecule has 0 spiro atoms. The number of esters is 1. The van der Waals surface area contributed by atoms with Gasteiger partial charge in [0.15, 0.2) is 0 Å². The van der Waals surface area contributed by atoms with Crippen molar-refractivity contribution in [3.05, 3.63) is 0 Å². The molecule has 1 heterocycles. The van der Waals surface area contributed by atoms with Crippen LogP contribution in [0, 0.1) is 17.8 Å². The van der Waals surface area contributed by atoms with E-state index in [-0.39, 0.29) is 5.97 Å². The highest BCUT2D eigenvalue weighted by atomic mass is 79.9. The number of hydrogen-bond donors (Lipinski definition) is 0. The van der Waals surface area contributed by atoms with E-state index in [1.54, 1.807) is 11.8 Å². The number of alkyl halides is 1. The van der Waals surface area contributed by atoms with Crippen LogP contribution in [0.4, 0.5) is 4.79 Å². The van der Waals surface area contributed by atoms with Gasteiger partial charge in [0.2, 0.25) is 0 Å². The van der Waals surface area contributed by atoms with Crippen LogP contribution >= 0.6 is 15.9 Å². The average molecular weight is 362 g/mol. The molecule has 1 aliphatic carbocycles. The van der Waals surface area contributed by atoms with E-state index < -0.39 is 12.1 Å². The Kier molecular flexibility index (Phi) is 5.90. The van der Waals surface area contributed by atoms with Gasteiger partial charge in [0.05, 0.1) is 13.7 Å². The van der Waals surface area contributed by atoms with Crippen LogP contribution in [0.15, 0.2) is 0 Å². The fraction of sp³-hybridized carbons (Fsp3) is 0.867. The molecule has 120 valence electrons. The quantitative estimate of drug-likeness (QED) is 0.572. The minimum absolute atomic E-state index is 0.303. The second-order valence-corrected chi connectivity index (χ2v) is 6.63. The molecule has 6 heteroatoms. The summed E-state index contributed by atoms with van der Waals surface area (Å²) in [6, 6.07) is -0.493. The first kappa shape index (κ1) is 16.6. The number of ether oxygens (including phenoxy) is 2. The maximum absolute atomic E-state index is 12.2. The number of nitrogens with zero attached hydrogens (tertiary/aromatic N) is 1. The lowest BCUT2D eigenvalue weighted by Gasteiger charge is -2.45. The predicted molar refractivity (Wildman–Crippen MR) is 82.3 cm³/mol. The molecule has 4 atom stereocenters. The molecular formula is C15H24BrNO4. The highest BCUT2D eigenvalue weighted by Crippen LogP contribution is 2.41. The second kappa shape index (κ2) is 7.47. The molecule has 1 saturated heterocycles. The minimum atomic E-state index is -0.493. The maximum atomic E-state index is 12.2. The van der Waals surface area contributed by atoms with E-state index >= 15 is 0 Å². The minimum Gasteiger partial charge on any atom is -0.464 e. The van der Waals surface area contributed by atoms with Crippen molar-refractivity contribution in [2.75, 3.05) is 25.6 Å². The van der Waals surface area contributed by atoms with E-state index in [1.165, 1.54) is 13.5 Å². The predicted octanol–water partition coefficient (Wildman–Crippen LogP) is 2.82. The molecule has 0 aromatic carbocycles. The number of halogens is 1. The molecule has 0 N–H and O–H groups in total. The zero-order valence-electron chi connectivity index (χ0n) is 12.7. The van der Waals surface area contributed by atoms with Gasteiger partial charge in [-0.3, -0.25) is 4.90 Å². The van der Waals surface area contributed by atoms with Gasteiger partial charge in [-0.05, 0) is 50.4 Å². The summed E-state index contributed by atoms with van der Waals surface area (Å²) in [7, 11) is 1.36. The van der Waals surface area contributed by atoms with E-state index in [0.717, 1.165) is 18.2 Å². The van der Waals surface area contributed by atoms with Crippen molar-refractivity contribution in [1.82, 2.24) is 4.90 Å². The Hall–Kier alpha value is -0.780. The molecule has 0 aromatic heterocycles. The molecule has 1 amide bonds. The van der Waals surface area contributed by atoms with Gasteiger partial charge >= 0.3 is 12.1 Å². The van der Waals surface area contributed by atoms with Crippen LogP contribution in [-0.2, 0) is 14.3 Å². The monoisotopic (exact) mass is 361 g/mol. The number of amides is 1. The molecule has 2 rings (SSSR count). The topological polar surface area (TPSA) is 55.8 Å². The van der Waals surface area contributed by atoms with Gasteiger partial charge in [0.25, 0.3) is 0 Å². The summed E-state index contributed by atoms with van der Waals surface area (Å²) >= 11 is 3.57. The van der Waals surface area contributed by atoms with Gasteiger partial charge in [-0.25, -0.2) is 9.59 Å². The summed E-state index contributed by atoms with van der Waals surface area (Å²) in [6.45, 7) is 2.73. The molecule has 4 unspecified atom stereocenters. The fourth-order valence-corrected chi connectivity index (χ4v) is 4.26. The van der Waals surface area contributed by atoms with Gasteiger partial charge in [-0.15, -0.1) is 0 Å². The van der Waals surface area contributed by atoms with Crippen molar-refractivity contribution in [2.45, 2.75) is 38.6 Å². The smallest absolute Gasteiger partial charge is 0.410 e. The van der Waals surface area contributed by atoms with Gasteiger partial charge in [-0.1, -0.05) is 15.9 Å².